The van der Waals surface area contributed by atoms with Gasteiger partial charge in [-0.2, -0.15) is 5.10 Å². The van der Waals surface area contributed by atoms with Crippen LogP contribution < -0.4 is 4.74 Å². The van der Waals surface area contributed by atoms with Crippen LogP contribution in [0.3, 0.4) is 0 Å². The Labute approximate surface area is 226 Å². The molecule has 4 aromatic rings. The molecule has 0 N–H and O–H groups in total. The lowest BCUT2D eigenvalue weighted by Gasteiger charge is -2.14. The van der Waals surface area contributed by atoms with Crippen molar-refractivity contribution >= 4 is 40.3 Å². The molecular formula is C30H27N3O2S2. The summed E-state index contributed by atoms with van der Waals surface area (Å²) in [4.78, 5) is 15.6. The fourth-order valence-electron chi connectivity index (χ4n) is 4.05. The summed E-state index contributed by atoms with van der Waals surface area (Å²) in [6, 6.07) is 26.0. The molecule has 0 spiro atoms. The van der Waals surface area contributed by atoms with Gasteiger partial charge in [-0.3, -0.25) is 9.69 Å². The third-order valence-corrected chi connectivity index (χ3v) is 7.26. The Balaban J connectivity index is 1.49. The van der Waals surface area contributed by atoms with E-state index in [2.05, 4.69) is 0 Å². The van der Waals surface area contributed by atoms with Crippen LogP contribution in [-0.2, 0) is 11.3 Å². The van der Waals surface area contributed by atoms with Crippen molar-refractivity contribution < 1.29 is 9.53 Å². The van der Waals surface area contributed by atoms with Gasteiger partial charge in [0.15, 0.2) is 0 Å². The number of para-hydroxylation sites is 1. The van der Waals surface area contributed by atoms with Gasteiger partial charge >= 0.3 is 0 Å². The van der Waals surface area contributed by atoms with Crippen LogP contribution in [0.4, 0.5) is 0 Å². The van der Waals surface area contributed by atoms with E-state index < -0.39 is 0 Å². The number of carbonyl (C=O) groups excluding carboxylic acids is 1. The fourth-order valence-corrected chi connectivity index (χ4v) is 5.29. The van der Waals surface area contributed by atoms with E-state index in [1.54, 1.807) is 4.90 Å². The summed E-state index contributed by atoms with van der Waals surface area (Å²) in [7, 11) is 0. The molecule has 0 radical (unpaired) electrons. The average Bonchev–Trinajstić information content (AvgIpc) is 3.42. The monoisotopic (exact) mass is 525 g/mol. The number of carbonyl (C=O) groups is 1. The lowest BCUT2D eigenvalue weighted by molar-refractivity contribution is -0.122. The van der Waals surface area contributed by atoms with Gasteiger partial charge in [0.05, 0.1) is 28.9 Å². The van der Waals surface area contributed by atoms with Crippen molar-refractivity contribution in [3.8, 4) is 22.7 Å². The predicted molar refractivity (Wildman–Crippen MR) is 155 cm³/mol. The number of nitrogens with zero attached hydrogens (tertiary/aromatic N) is 3. The van der Waals surface area contributed by atoms with Crippen LogP contribution in [0.25, 0.3) is 23.0 Å². The Hall–Kier alpha value is -3.68. The standard InChI is InChI=1S/C30H27N3O2S2/c1-20(2)35-26-15-13-23(14-16-26)28-24(19-33(31-28)25-7-5-4-6-8-25)17-27-29(34)32(30(36)37-27)18-22-11-9-21(3)10-12-22/h4-17,19-20H,18H2,1-3H3. The molecule has 1 aliphatic rings. The number of amides is 1. The van der Waals surface area contributed by atoms with Crippen LogP contribution in [-0.4, -0.2) is 31.0 Å². The number of hydrogen-bond acceptors (Lipinski definition) is 5. The highest BCUT2D eigenvalue weighted by Gasteiger charge is 2.32. The number of thioether (sulfide) groups is 1. The zero-order valence-corrected chi connectivity index (χ0v) is 22.6. The van der Waals surface area contributed by atoms with E-state index in [0.717, 1.165) is 33.8 Å². The van der Waals surface area contributed by atoms with Gasteiger partial charge in [0.1, 0.15) is 10.1 Å². The van der Waals surface area contributed by atoms with Crippen LogP contribution in [0, 0.1) is 6.92 Å². The van der Waals surface area contributed by atoms with E-state index >= 15 is 0 Å². The van der Waals surface area contributed by atoms with Crippen molar-refractivity contribution in [2.45, 2.75) is 33.4 Å². The smallest absolute Gasteiger partial charge is 0.266 e. The molecule has 1 aromatic heterocycles. The van der Waals surface area contributed by atoms with Gasteiger partial charge in [-0.1, -0.05) is 72.0 Å². The van der Waals surface area contributed by atoms with Crippen molar-refractivity contribution in [3.05, 3.63) is 107 Å². The molecule has 186 valence electrons. The van der Waals surface area contributed by atoms with E-state index in [-0.39, 0.29) is 12.0 Å². The second-order valence-electron chi connectivity index (χ2n) is 9.16. The summed E-state index contributed by atoms with van der Waals surface area (Å²) >= 11 is 6.91. The van der Waals surface area contributed by atoms with Crippen molar-refractivity contribution in [1.82, 2.24) is 14.7 Å². The molecule has 0 aliphatic carbocycles. The number of rotatable bonds is 7. The van der Waals surface area contributed by atoms with Crippen molar-refractivity contribution in [2.75, 3.05) is 0 Å². The Bertz CT molecular complexity index is 1460. The Morgan fingerprint density at radius 1 is 1.00 bits per heavy atom. The molecule has 7 heteroatoms. The van der Waals surface area contributed by atoms with E-state index in [1.165, 1.54) is 17.3 Å². The number of benzene rings is 3. The SMILES string of the molecule is Cc1ccc(CN2C(=O)C(=Cc3cn(-c4ccccc4)nc3-c3ccc(OC(C)C)cc3)SC2=S)cc1. The van der Waals surface area contributed by atoms with Crippen LogP contribution in [0.15, 0.2) is 90.0 Å². The van der Waals surface area contributed by atoms with Crippen molar-refractivity contribution in [2.24, 2.45) is 0 Å². The molecular weight excluding hydrogens is 498 g/mol. The first-order chi connectivity index (χ1) is 17.9. The summed E-state index contributed by atoms with van der Waals surface area (Å²) in [5.41, 5.74) is 5.73. The molecule has 3 aromatic carbocycles. The summed E-state index contributed by atoms with van der Waals surface area (Å²) in [6.07, 6.45) is 3.95. The number of aromatic nitrogens is 2. The van der Waals surface area contributed by atoms with E-state index in [9.17, 15) is 4.79 Å². The number of thiocarbonyl (C=S) groups is 1. The van der Waals surface area contributed by atoms with Gasteiger partial charge in [-0.25, -0.2) is 4.68 Å². The minimum absolute atomic E-state index is 0.0883. The largest absolute Gasteiger partial charge is 0.491 e. The van der Waals surface area contributed by atoms with Gasteiger partial charge in [0, 0.05) is 17.3 Å². The van der Waals surface area contributed by atoms with Gasteiger partial charge in [-0.15, -0.1) is 0 Å². The molecule has 0 unspecified atom stereocenters. The molecule has 1 amide bonds. The van der Waals surface area contributed by atoms with Crippen molar-refractivity contribution in [3.63, 3.8) is 0 Å². The first-order valence-electron chi connectivity index (χ1n) is 12.1. The highest BCUT2D eigenvalue weighted by molar-refractivity contribution is 8.26. The molecule has 0 bridgehead atoms. The summed E-state index contributed by atoms with van der Waals surface area (Å²) in [6.45, 7) is 6.51. The molecule has 1 saturated heterocycles. The summed E-state index contributed by atoms with van der Waals surface area (Å²) in [5.74, 6) is 0.717. The maximum absolute atomic E-state index is 13.4. The first kappa shape index (κ1) is 25.0. The van der Waals surface area contributed by atoms with E-state index in [4.69, 9.17) is 22.1 Å². The van der Waals surface area contributed by atoms with Gasteiger partial charge in [0.2, 0.25) is 0 Å². The zero-order chi connectivity index (χ0) is 25.9. The Morgan fingerprint density at radius 3 is 2.38 bits per heavy atom. The van der Waals surface area contributed by atoms with Gasteiger partial charge < -0.3 is 4.74 Å². The quantitative estimate of drug-likeness (QED) is 0.191. The van der Waals surface area contributed by atoms with Crippen LogP contribution in [0.5, 0.6) is 5.75 Å². The Kier molecular flexibility index (Phi) is 7.26. The van der Waals surface area contributed by atoms with Crippen LogP contribution in [0.2, 0.25) is 0 Å². The highest BCUT2D eigenvalue weighted by atomic mass is 32.2. The zero-order valence-electron chi connectivity index (χ0n) is 20.9. The lowest BCUT2D eigenvalue weighted by atomic mass is 10.1. The summed E-state index contributed by atoms with van der Waals surface area (Å²) < 4.78 is 8.20. The molecule has 5 nitrogen and oxygen atoms in total. The number of hydrogen-bond donors (Lipinski definition) is 0. The van der Waals surface area contributed by atoms with Crippen LogP contribution >= 0.6 is 24.0 Å². The maximum Gasteiger partial charge on any atom is 0.266 e. The molecule has 1 fully saturated rings. The minimum atomic E-state index is -0.0883. The van der Waals surface area contributed by atoms with Gasteiger partial charge in [-0.05, 0) is 68.8 Å². The number of ether oxygens (including phenoxy) is 1. The molecule has 5 rings (SSSR count). The Morgan fingerprint density at radius 2 is 1.70 bits per heavy atom. The second kappa shape index (κ2) is 10.7. The van der Waals surface area contributed by atoms with Crippen molar-refractivity contribution in [1.29, 1.82) is 0 Å². The minimum Gasteiger partial charge on any atom is -0.491 e. The molecule has 0 saturated carbocycles. The second-order valence-corrected chi connectivity index (χ2v) is 10.8. The molecule has 2 heterocycles. The van der Waals surface area contributed by atoms with E-state index in [1.807, 2.05) is 117 Å². The summed E-state index contributed by atoms with van der Waals surface area (Å²) in [5, 5.41) is 4.89. The topological polar surface area (TPSA) is 47.4 Å². The average molecular weight is 526 g/mol. The third-order valence-electron chi connectivity index (χ3n) is 5.88. The van der Waals surface area contributed by atoms with Crippen LogP contribution in [0.1, 0.15) is 30.5 Å². The fraction of sp³-hybridized carbons (Fsp3) is 0.167. The van der Waals surface area contributed by atoms with Gasteiger partial charge in [0.25, 0.3) is 5.91 Å². The highest BCUT2D eigenvalue weighted by Crippen LogP contribution is 2.36. The molecule has 37 heavy (non-hydrogen) atoms. The first-order valence-corrected chi connectivity index (χ1v) is 13.3. The lowest BCUT2D eigenvalue weighted by Crippen LogP contribution is -2.27. The maximum atomic E-state index is 13.4. The molecule has 1 aliphatic heterocycles. The third kappa shape index (κ3) is 5.68. The molecule has 0 atom stereocenters. The normalized spacial score (nSPS) is 14.7. The van der Waals surface area contributed by atoms with E-state index in [0.29, 0.717) is 15.8 Å². The number of aryl methyl sites for hydroxylation is 1. The predicted octanol–water partition coefficient (Wildman–Crippen LogP) is 7.04.